The van der Waals surface area contributed by atoms with Gasteiger partial charge in [0.1, 0.15) is 11.6 Å². The van der Waals surface area contributed by atoms with Crippen molar-refractivity contribution in [1.82, 2.24) is 15.1 Å². The largest absolute Gasteiger partial charge is 0.496 e. The van der Waals surface area contributed by atoms with Gasteiger partial charge in [-0.05, 0) is 54.8 Å². The van der Waals surface area contributed by atoms with E-state index in [9.17, 15) is 9.18 Å². The highest BCUT2D eigenvalue weighted by Crippen LogP contribution is 2.46. The first-order chi connectivity index (χ1) is 13.6. The maximum Gasteiger partial charge on any atom is 0.251 e. The summed E-state index contributed by atoms with van der Waals surface area (Å²) in [5.41, 5.74) is 2.14. The van der Waals surface area contributed by atoms with Crippen molar-refractivity contribution in [3.63, 3.8) is 0 Å². The Morgan fingerprint density at radius 2 is 2.04 bits per heavy atom. The Labute approximate surface area is 163 Å². The molecule has 4 rings (SSSR count). The van der Waals surface area contributed by atoms with Gasteiger partial charge in [-0.25, -0.2) is 4.39 Å². The lowest BCUT2D eigenvalue weighted by molar-refractivity contribution is 0.0942. The number of carbonyl (C=O) groups excluding carboxylic acids is 1. The van der Waals surface area contributed by atoms with Crippen molar-refractivity contribution in [1.29, 1.82) is 0 Å². The van der Waals surface area contributed by atoms with Gasteiger partial charge in [-0.2, -0.15) is 5.10 Å². The zero-order valence-corrected chi connectivity index (χ0v) is 15.7. The average Bonchev–Trinajstić information content (AvgIpc) is 3.29. The van der Waals surface area contributed by atoms with E-state index in [4.69, 9.17) is 4.74 Å². The first kappa shape index (κ1) is 18.2. The van der Waals surface area contributed by atoms with Gasteiger partial charge in [-0.15, -0.1) is 0 Å². The Hall–Kier alpha value is -3.15. The molecule has 0 atom stereocenters. The lowest BCUT2D eigenvalue weighted by Gasteiger charge is -2.16. The van der Waals surface area contributed by atoms with Gasteiger partial charge >= 0.3 is 0 Å². The number of nitrogens with zero attached hydrogens (tertiary/aromatic N) is 2. The number of amides is 1. The van der Waals surface area contributed by atoms with E-state index in [0.29, 0.717) is 23.4 Å². The average molecular weight is 379 g/mol. The maximum atomic E-state index is 13.6. The van der Waals surface area contributed by atoms with E-state index in [2.05, 4.69) is 10.4 Å². The number of ether oxygens (including phenoxy) is 1. The molecule has 144 valence electrons. The van der Waals surface area contributed by atoms with Gasteiger partial charge < -0.3 is 10.1 Å². The number of aromatic nitrogens is 2. The van der Waals surface area contributed by atoms with Gasteiger partial charge in [0, 0.05) is 42.0 Å². The smallest absolute Gasteiger partial charge is 0.251 e. The molecule has 6 heteroatoms. The summed E-state index contributed by atoms with van der Waals surface area (Å²) in [4.78, 5) is 12.5. The summed E-state index contributed by atoms with van der Waals surface area (Å²) in [7, 11) is 1.55. The van der Waals surface area contributed by atoms with Crippen molar-refractivity contribution in [2.24, 2.45) is 5.41 Å². The minimum atomic E-state index is -0.329. The zero-order valence-electron chi connectivity index (χ0n) is 15.7. The number of hydrogen-bond donors (Lipinski definition) is 1. The van der Waals surface area contributed by atoms with Crippen molar-refractivity contribution < 1.29 is 13.9 Å². The summed E-state index contributed by atoms with van der Waals surface area (Å²) in [5, 5.41) is 7.29. The van der Waals surface area contributed by atoms with E-state index in [0.717, 1.165) is 24.9 Å². The van der Waals surface area contributed by atoms with Gasteiger partial charge in [0.2, 0.25) is 0 Å². The van der Waals surface area contributed by atoms with Crippen LogP contribution in [0.5, 0.6) is 5.75 Å². The van der Waals surface area contributed by atoms with Crippen LogP contribution in [0.4, 0.5) is 4.39 Å². The van der Waals surface area contributed by atoms with Gasteiger partial charge in [-0.1, -0.05) is 12.1 Å². The molecule has 1 aliphatic carbocycles. The number of rotatable bonds is 7. The fourth-order valence-electron chi connectivity index (χ4n) is 3.38. The van der Waals surface area contributed by atoms with Crippen LogP contribution in [-0.2, 0) is 6.54 Å². The number of nitrogens with one attached hydrogen (secondary N) is 1. The van der Waals surface area contributed by atoms with E-state index in [1.54, 1.807) is 31.5 Å². The second-order valence-corrected chi connectivity index (χ2v) is 7.31. The van der Waals surface area contributed by atoms with Crippen molar-refractivity contribution in [3.8, 4) is 16.9 Å². The molecule has 0 bridgehead atoms. The fourth-order valence-corrected chi connectivity index (χ4v) is 3.38. The van der Waals surface area contributed by atoms with E-state index >= 15 is 0 Å². The van der Waals surface area contributed by atoms with Crippen LogP contribution >= 0.6 is 0 Å². The molecule has 1 fully saturated rings. The molecule has 1 heterocycles. The summed E-state index contributed by atoms with van der Waals surface area (Å²) < 4.78 is 20.8. The standard InChI is InChI=1S/C22H22FN3O2/c1-28-20-8-7-18(23)13-19(20)16-3-5-17(6-4-16)21(27)24-14-22(9-10-22)15-26-12-2-11-25-26/h2-8,11-13H,9-10,14-15H2,1H3,(H,24,27). The van der Waals surface area contributed by atoms with Crippen molar-refractivity contribution in [2.45, 2.75) is 19.4 Å². The van der Waals surface area contributed by atoms with Gasteiger partial charge in [-0.3, -0.25) is 9.48 Å². The molecule has 1 aromatic heterocycles. The Morgan fingerprint density at radius 1 is 1.25 bits per heavy atom. The SMILES string of the molecule is COc1ccc(F)cc1-c1ccc(C(=O)NCC2(Cn3cccn3)CC2)cc1. The van der Waals surface area contributed by atoms with Crippen molar-refractivity contribution in [2.75, 3.05) is 13.7 Å². The van der Waals surface area contributed by atoms with Crippen LogP contribution in [0.3, 0.4) is 0 Å². The fraction of sp³-hybridized carbons (Fsp3) is 0.273. The molecule has 0 unspecified atom stereocenters. The molecule has 1 saturated carbocycles. The van der Waals surface area contributed by atoms with Crippen LogP contribution < -0.4 is 10.1 Å². The second-order valence-electron chi connectivity index (χ2n) is 7.31. The van der Waals surface area contributed by atoms with Crippen LogP contribution in [0.15, 0.2) is 60.9 Å². The van der Waals surface area contributed by atoms with E-state index < -0.39 is 0 Å². The maximum absolute atomic E-state index is 13.6. The molecule has 5 nitrogen and oxygen atoms in total. The lowest BCUT2D eigenvalue weighted by Crippen LogP contribution is -2.32. The number of hydrogen-bond acceptors (Lipinski definition) is 3. The molecular formula is C22H22FN3O2. The minimum Gasteiger partial charge on any atom is -0.496 e. The van der Waals surface area contributed by atoms with Crippen molar-refractivity contribution >= 4 is 5.91 Å². The molecule has 1 amide bonds. The molecular weight excluding hydrogens is 357 g/mol. The van der Waals surface area contributed by atoms with Crippen LogP contribution in [0, 0.1) is 11.2 Å². The normalized spacial score (nSPS) is 14.5. The molecule has 0 aliphatic heterocycles. The summed E-state index contributed by atoms with van der Waals surface area (Å²) in [6.45, 7) is 1.45. The van der Waals surface area contributed by atoms with Crippen LogP contribution in [0.2, 0.25) is 0 Å². The minimum absolute atomic E-state index is 0.107. The Morgan fingerprint density at radius 3 is 2.68 bits per heavy atom. The topological polar surface area (TPSA) is 56.1 Å². The molecule has 3 aromatic rings. The molecule has 0 spiro atoms. The molecule has 1 N–H and O–H groups in total. The molecule has 0 radical (unpaired) electrons. The van der Waals surface area contributed by atoms with Crippen LogP contribution in [0.25, 0.3) is 11.1 Å². The highest BCUT2D eigenvalue weighted by Gasteiger charge is 2.43. The van der Waals surface area contributed by atoms with Crippen molar-refractivity contribution in [3.05, 3.63) is 72.3 Å². The zero-order chi connectivity index (χ0) is 19.6. The summed E-state index contributed by atoms with van der Waals surface area (Å²) in [6, 6.07) is 13.4. The third-order valence-electron chi connectivity index (χ3n) is 5.26. The van der Waals surface area contributed by atoms with Gasteiger partial charge in [0.05, 0.1) is 7.11 Å². The Bertz CT molecular complexity index is 964. The van der Waals surface area contributed by atoms with E-state index in [1.165, 1.54) is 12.1 Å². The number of carbonyl (C=O) groups is 1. The Balaban J connectivity index is 1.41. The summed E-state index contributed by atoms with van der Waals surface area (Å²) in [6.07, 6.45) is 5.89. The molecule has 2 aromatic carbocycles. The van der Waals surface area contributed by atoms with Gasteiger partial charge in [0.15, 0.2) is 0 Å². The highest BCUT2D eigenvalue weighted by molar-refractivity contribution is 5.94. The van der Waals surface area contributed by atoms with E-state index in [-0.39, 0.29) is 17.1 Å². The number of halogens is 1. The molecule has 0 saturated heterocycles. The third-order valence-corrected chi connectivity index (χ3v) is 5.26. The first-order valence-corrected chi connectivity index (χ1v) is 9.28. The quantitative estimate of drug-likeness (QED) is 0.677. The predicted molar refractivity (Wildman–Crippen MR) is 105 cm³/mol. The monoisotopic (exact) mass is 379 g/mol. The first-order valence-electron chi connectivity index (χ1n) is 9.28. The number of methoxy groups -OCH3 is 1. The number of benzene rings is 2. The van der Waals surface area contributed by atoms with Crippen LogP contribution in [0.1, 0.15) is 23.2 Å². The predicted octanol–water partition coefficient (Wildman–Crippen LogP) is 3.91. The lowest BCUT2D eigenvalue weighted by atomic mass is 10.0. The molecule has 1 aliphatic rings. The van der Waals surface area contributed by atoms with Crippen LogP contribution in [-0.4, -0.2) is 29.3 Å². The third kappa shape index (κ3) is 3.91. The summed E-state index contributed by atoms with van der Waals surface area (Å²) in [5.74, 6) is 0.155. The Kier molecular flexibility index (Phi) is 4.86. The second kappa shape index (κ2) is 7.46. The van der Waals surface area contributed by atoms with E-state index in [1.807, 2.05) is 29.1 Å². The molecule has 28 heavy (non-hydrogen) atoms. The highest BCUT2D eigenvalue weighted by atomic mass is 19.1. The van der Waals surface area contributed by atoms with Gasteiger partial charge in [0.25, 0.3) is 5.91 Å². The summed E-state index contributed by atoms with van der Waals surface area (Å²) >= 11 is 0.